The molecule has 0 saturated carbocycles. The van der Waals surface area contributed by atoms with E-state index in [1.165, 1.54) is 22.4 Å². The van der Waals surface area contributed by atoms with Gasteiger partial charge in [-0.3, -0.25) is 9.58 Å². The average Bonchev–Trinajstić information content (AvgIpc) is 2.93. The minimum Gasteiger partial charge on any atom is -0.384 e. The minimum atomic E-state index is 0.416. The number of benzene rings is 1. The summed E-state index contributed by atoms with van der Waals surface area (Å²) in [5.41, 5.74) is 5.39. The maximum absolute atomic E-state index is 5.43. The number of nitrogens with zero attached hydrogens (tertiary/aromatic N) is 3. The number of aryl methyl sites for hydroxylation is 2. The fraction of sp³-hybridized carbons (Fsp3) is 0.500. The largest absolute Gasteiger partial charge is 0.384 e. The number of fused-ring (bicyclic) bond motifs is 1. The van der Waals surface area contributed by atoms with Crippen molar-refractivity contribution in [2.24, 2.45) is 0 Å². The molecule has 1 aromatic carbocycles. The van der Waals surface area contributed by atoms with Gasteiger partial charge in [-0.25, -0.2) is 0 Å². The van der Waals surface area contributed by atoms with Crippen molar-refractivity contribution < 1.29 is 4.74 Å². The lowest BCUT2D eigenvalue weighted by molar-refractivity contribution is 0.134. The van der Waals surface area contributed by atoms with E-state index in [4.69, 9.17) is 4.74 Å². The Morgan fingerprint density at radius 3 is 2.73 bits per heavy atom. The van der Waals surface area contributed by atoms with Crippen LogP contribution < -0.4 is 0 Å². The van der Waals surface area contributed by atoms with Crippen molar-refractivity contribution in [1.29, 1.82) is 0 Å². The maximum Gasteiger partial charge on any atom is 0.0560 e. The van der Waals surface area contributed by atoms with Gasteiger partial charge in [-0.1, -0.05) is 29.8 Å². The molecule has 1 atom stereocenters. The Labute approximate surface area is 132 Å². The van der Waals surface area contributed by atoms with Gasteiger partial charge in [0.2, 0.25) is 0 Å². The minimum absolute atomic E-state index is 0.416. The van der Waals surface area contributed by atoms with Gasteiger partial charge >= 0.3 is 0 Å². The van der Waals surface area contributed by atoms with Gasteiger partial charge in [0.25, 0.3) is 0 Å². The van der Waals surface area contributed by atoms with Crippen LogP contribution in [0.1, 0.15) is 35.2 Å². The molecule has 0 aliphatic carbocycles. The highest BCUT2D eigenvalue weighted by Crippen LogP contribution is 2.29. The van der Waals surface area contributed by atoms with Gasteiger partial charge in [0, 0.05) is 44.8 Å². The van der Waals surface area contributed by atoms with E-state index < -0.39 is 0 Å². The molecule has 0 amide bonds. The normalized spacial score (nSPS) is 18.4. The molecule has 4 heteroatoms. The van der Waals surface area contributed by atoms with Gasteiger partial charge < -0.3 is 4.74 Å². The van der Waals surface area contributed by atoms with Crippen molar-refractivity contribution in [2.75, 3.05) is 20.3 Å². The molecule has 0 bridgehead atoms. The van der Waals surface area contributed by atoms with Crippen molar-refractivity contribution in [1.82, 2.24) is 14.7 Å². The van der Waals surface area contributed by atoms with Crippen molar-refractivity contribution in [3.05, 3.63) is 52.8 Å². The molecule has 0 radical (unpaired) electrons. The van der Waals surface area contributed by atoms with Crippen molar-refractivity contribution in [2.45, 2.75) is 39.4 Å². The summed E-state index contributed by atoms with van der Waals surface area (Å²) in [6, 6.07) is 8.84. The van der Waals surface area contributed by atoms with Gasteiger partial charge in [-0.15, -0.1) is 0 Å². The molecule has 1 aliphatic heterocycles. The molecule has 0 N–H and O–H groups in total. The molecule has 22 heavy (non-hydrogen) atoms. The second-order valence-electron chi connectivity index (χ2n) is 6.17. The second kappa shape index (κ2) is 6.63. The van der Waals surface area contributed by atoms with Crippen molar-refractivity contribution >= 4 is 0 Å². The van der Waals surface area contributed by atoms with E-state index in [0.29, 0.717) is 5.92 Å². The van der Waals surface area contributed by atoms with Crippen LogP contribution in [-0.4, -0.2) is 34.9 Å². The van der Waals surface area contributed by atoms with Crippen LogP contribution in [0.4, 0.5) is 0 Å². The van der Waals surface area contributed by atoms with Crippen molar-refractivity contribution in [3.8, 4) is 0 Å². The predicted molar refractivity (Wildman–Crippen MR) is 87.8 cm³/mol. The van der Waals surface area contributed by atoms with Gasteiger partial charge in [0.15, 0.2) is 0 Å². The number of aromatic nitrogens is 2. The molecule has 3 rings (SSSR count). The molecule has 0 unspecified atom stereocenters. The quantitative estimate of drug-likeness (QED) is 0.850. The van der Waals surface area contributed by atoms with Crippen LogP contribution in [-0.2, 0) is 24.4 Å². The highest BCUT2D eigenvalue weighted by molar-refractivity contribution is 5.27. The van der Waals surface area contributed by atoms with Crippen LogP contribution >= 0.6 is 0 Å². The van der Waals surface area contributed by atoms with E-state index in [2.05, 4.69) is 52.8 Å². The standard InChI is InChI=1S/C18H25N3O/c1-4-21-18-12-20(10-15-7-5-14(2)6-8-15)11-16(13-22-3)17(18)9-19-21/h5-9,16H,4,10-13H2,1-3H3/t16-/m0/s1. The van der Waals surface area contributed by atoms with E-state index in [1.807, 2.05) is 6.20 Å². The van der Waals surface area contributed by atoms with Gasteiger partial charge in [-0.05, 0) is 19.4 Å². The summed E-state index contributed by atoms with van der Waals surface area (Å²) in [5, 5.41) is 4.54. The lowest BCUT2D eigenvalue weighted by atomic mass is 9.95. The Morgan fingerprint density at radius 2 is 2.05 bits per heavy atom. The smallest absolute Gasteiger partial charge is 0.0560 e. The fourth-order valence-electron chi connectivity index (χ4n) is 3.31. The summed E-state index contributed by atoms with van der Waals surface area (Å²) >= 11 is 0. The monoisotopic (exact) mass is 299 g/mol. The Bertz CT molecular complexity index is 618. The van der Waals surface area contributed by atoms with Crippen molar-refractivity contribution in [3.63, 3.8) is 0 Å². The lowest BCUT2D eigenvalue weighted by Crippen LogP contribution is -2.35. The van der Waals surface area contributed by atoms with Crippen LogP contribution in [0.5, 0.6) is 0 Å². The van der Waals surface area contributed by atoms with Crippen LogP contribution in [0.25, 0.3) is 0 Å². The molecular formula is C18H25N3O. The molecule has 1 aromatic heterocycles. The first-order valence-electron chi connectivity index (χ1n) is 8.02. The lowest BCUT2D eigenvalue weighted by Gasteiger charge is -2.33. The number of hydrogen-bond donors (Lipinski definition) is 0. The highest BCUT2D eigenvalue weighted by Gasteiger charge is 2.28. The van der Waals surface area contributed by atoms with Gasteiger partial charge in [0.05, 0.1) is 18.5 Å². The number of hydrogen-bond acceptors (Lipinski definition) is 3. The number of rotatable bonds is 5. The third-order valence-corrected chi connectivity index (χ3v) is 4.47. The van der Waals surface area contributed by atoms with Crippen LogP contribution in [0.2, 0.25) is 0 Å². The molecular weight excluding hydrogens is 274 g/mol. The van der Waals surface area contributed by atoms with Crippen LogP contribution in [0.3, 0.4) is 0 Å². The van der Waals surface area contributed by atoms with Crippen LogP contribution in [0, 0.1) is 6.92 Å². The summed E-state index contributed by atoms with van der Waals surface area (Å²) in [4.78, 5) is 2.50. The third-order valence-electron chi connectivity index (χ3n) is 4.47. The first-order chi connectivity index (χ1) is 10.7. The Hall–Kier alpha value is -1.65. The molecule has 118 valence electrons. The molecule has 0 spiro atoms. The van der Waals surface area contributed by atoms with E-state index in [1.54, 1.807) is 7.11 Å². The Morgan fingerprint density at radius 1 is 1.27 bits per heavy atom. The molecule has 2 aromatic rings. The summed E-state index contributed by atoms with van der Waals surface area (Å²) in [5.74, 6) is 0.416. The topological polar surface area (TPSA) is 30.3 Å². The van der Waals surface area contributed by atoms with E-state index >= 15 is 0 Å². The average molecular weight is 299 g/mol. The zero-order chi connectivity index (χ0) is 15.5. The Kier molecular flexibility index (Phi) is 4.60. The van der Waals surface area contributed by atoms with E-state index in [0.717, 1.165) is 32.8 Å². The van der Waals surface area contributed by atoms with E-state index in [-0.39, 0.29) is 0 Å². The summed E-state index contributed by atoms with van der Waals surface area (Å²) in [7, 11) is 1.78. The van der Waals surface area contributed by atoms with E-state index in [9.17, 15) is 0 Å². The third kappa shape index (κ3) is 3.08. The fourth-order valence-corrected chi connectivity index (χ4v) is 3.31. The van der Waals surface area contributed by atoms with Crippen LogP contribution in [0.15, 0.2) is 30.5 Å². The first-order valence-corrected chi connectivity index (χ1v) is 8.02. The predicted octanol–water partition coefficient (Wildman–Crippen LogP) is 2.96. The second-order valence-corrected chi connectivity index (χ2v) is 6.17. The SMILES string of the molecule is CCn1ncc2c1CN(Cc1ccc(C)cc1)C[C@H]2COC. The zero-order valence-corrected chi connectivity index (χ0v) is 13.7. The maximum atomic E-state index is 5.43. The molecule has 0 saturated heterocycles. The molecule has 4 nitrogen and oxygen atoms in total. The molecule has 1 aliphatic rings. The summed E-state index contributed by atoms with van der Waals surface area (Å²) < 4.78 is 7.56. The van der Waals surface area contributed by atoms with Gasteiger partial charge in [-0.2, -0.15) is 5.10 Å². The molecule has 0 fully saturated rings. The van der Waals surface area contributed by atoms with Gasteiger partial charge in [0.1, 0.15) is 0 Å². The summed E-state index contributed by atoms with van der Waals surface area (Å²) in [6.45, 7) is 8.94. The molecule has 2 heterocycles. The summed E-state index contributed by atoms with van der Waals surface area (Å²) in [6.07, 6.45) is 2.03. The zero-order valence-electron chi connectivity index (χ0n) is 13.7. The highest BCUT2D eigenvalue weighted by atomic mass is 16.5. The number of methoxy groups -OCH3 is 1. The Balaban J connectivity index is 1.80. The first kappa shape index (κ1) is 15.3. The number of ether oxygens (including phenoxy) is 1.